The Balaban J connectivity index is 3.01. The predicted molar refractivity (Wildman–Crippen MR) is 57.7 cm³/mol. The van der Waals surface area contributed by atoms with Crippen molar-refractivity contribution in [3.63, 3.8) is 0 Å². The first kappa shape index (κ1) is 12.5. The van der Waals surface area contributed by atoms with Crippen molar-refractivity contribution in [1.29, 1.82) is 0 Å². The van der Waals surface area contributed by atoms with Gasteiger partial charge in [-0.2, -0.15) is 0 Å². The van der Waals surface area contributed by atoms with E-state index in [1.54, 1.807) is 0 Å². The SMILES string of the molecule is C=COCCCNCC(C)CCC. The van der Waals surface area contributed by atoms with Crippen molar-refractivity contribution in [3.05, 3.63) is 12.8 Å². The van der Waals surface area contributed by atoms with E-state index in [1.807, 2.05) is 0 Å². The fourth-order valence-corrected chi connectivity index (χ4v) is 1.31. The molecule has 0 aromatic heterocycles. The van der Waals surface area contributed by atoms with Gasteiger partial charge in [-0.05, 0) is 31.8 Å². The van der Waals surface area contributed by atoms with Crippen molar-refractivity contribution in [2.24, 2.45) is 5.92 Å². The summed E-state index contributed by atoms with van der Waals surface area (Å²) in [6.45, 7) is 11.0. The van der Waals surface area contributed by atoms with Gasteiger partial charge in [0, 0.05) is 0 Å². The third-order valence-corrected chi connectivity index (χ3v) is 2.01. The highest BCUT2D eigenvalue weighted by atomic mass is 16.5. The van der Waals surface area contributed by atoms with E-state index in [2.05, 4.69) is 25.7 Å². The van der Waals surface area contributed by atoms with Crippen molar-refractivity contribution in [3.8, 4) is 0 Å². The summed E-state index contributed by atoms with van der Waals surface area (Å²) in [6, 6.07) is 0. The summed E-state index contributed by atoms with van der Waals surface area (Å²) < 4.78 is 5.01. The molecule has 0 spiro atoms. The minimum Gasteiger partial charge on any atom is -0.502 e. The maximum absolute atomic E-state index is 5.01. The zero-order valence-electron chi connectivity index (χ0n) is 9.01. The molecule has 0 aromatic rings. The molecule has 0 bridgehead atoms. The number of hydrogen-bond donors (Lipinski definition) is 1. The molecule has 0 fully saturated rings. The Morgan fingerprint density at radius 3 is 2.92 bits per heavy atom. The van der Waals surface area contributed by atoms with E-state index in [9.17, 15) is 0 Å². The summed E-state index contributed by atoms with van der Waals surface area (Å²) in [7, 11) is 0. The van der Waals surface area contributed by atoms with Gasteiger partial charge in [0.25, 0.3) is 0 Å². The highest BCUT2D eigenvalue weighted by Crippen LogP contribution is 2.02. The predicted octanol–water partition coefficient (Wildman–Crippen LogP) is 2.56. The van der Waals surface area contributed by atoms with Crippen LogP contribution in [-0.2, 0) is 4.74 Å². The number of nitrogens with one attached hydrogen (secondary N) is 1. The average molecular weight is 185 g/mol. The first-order valence-corrected chi connectivity index (χ1v) is 5.24. The number of ether oxygens (including phenoxy) is 1. The van der Waals surface area contributed by atoms with Crippen LogP contribution in [0.5, 0.6) is 0 Å². The van der Waals surface area contributed by atoms with Crippen molar-refractivity contribution in [1.82, 2.24) is 5.32 Å². The Hall–Kier alpha value is -0.500. The minimum absolute atomic E-state index is 0.776. The van der Waals surface area contributed by atoms with E-state index in [4.69, 9.17) is 4.74 Å². The third-order valence-electron chi connectivity index (χ3n) is 2.01. The third kappa shape index (κ3) is 9.41. The topological polar surface area (TPSA) is 21.3 Å². The van der Waals surface area contributed by atoms with Gasteiger partial charge in [0.2, 0.25) is 0 Å². The molecule has 0 heterocycles. The van der Waals surface area contributed by atoms with Crippen LogP contribution in [0.3, 0.4) is 0 Å². The van der Waals surface area contributed by atoms with Gasteiger partial charge >= 0.3 is 0 Å². The fraction of sp³-hybridized carbons (Fsp3) is 0.818. The van der Waals surface area contributed by atoms with E-state index < -0.39 is 0 Å². The van der Waals surface area contributed by atoms with Crippen LogP contribution in [0.25, 0.3) is 0 Å². The minimum atomic E-state index is 0.776. The van der Waals surface area contributed by atoms with Gasteiger partial charge in [0.05, 0.1) is 12.9 Å². The van der Waals surface area contributed by atoms with Gasteiger partial charge in [0.15, 0.2) is 0 Å². The summed E-state index contributed by atoms with van der Waals surface area (Å²) in [5, 5.41) is 3.41. The molecule has 0 amide bonds. The molecule has 0 aliphatic rings. The average Bonchev–Trinajstić information content (AvgIpc) is 2.11. The smallest absolute Gasteiger partial charge is 0.0885 e. The maximum Gasteiger partial charge on any atom is 0.0885 e. The van der Waals surface area contributed by atoms with Gasteiger partial charge in [-0.3, -0.25) is 0 Å². The summed E-state index contributed by atoms with van der Waals surface area (Å²) in [5.74, 6) is 0.797. The van der Waals surface area contributed by atoms with Crippen LogP contribution < -0.4 is 5.32 Å². The Morgan fingerprint density at radius 2 is 2.31 bits per heavy atom. The molecule has 0 aromatic carbocycles. The molecule has 0 aliphatic heterocycles. The molecule has 1 unspecified atom stereocenters. The van der Waals surface area contributed by atoms with Crippen LogP contribution in [0.2, 0.25) is 0 Å². The number of rotatable bonds is 9. The van der Waals surface area contributed by atoms with Gasteiger partial charge in [0.1, 0.15) is 0 Å². The van der Waals surface area contributed by atoms with Gasteiger partial charge in [-0.25, -0.2) is 0 Å². The Labute approximate surface area is 82.4 Å². The standard InChI is InChI=1S/C11H23NO/c1-4-7-11(3)10-12-8-6-9-13-5-2/h5,11-12H,2,4,6-10H2,1,3H3. The summed E-state index contributed by atoms with van der Waals surface area (Å²) in [4.78, 5) is 0. The second-order valence-corrected chi connectivity index (χ2v) is 3.49. The monoisotopic (exact) mass is 185 g/mol. The van der Waals surface area contributed by atoms with Crippen molar-refractivity contribution in [2.45, 2.75) is 33.1 Å². The lowest BCUT2D eigenvalue weighted by molar-refractivity contribution is 0.244. The van der Waals surface area contributed by atoms with E-state index >= 15 is 0 Å². The van der Waals surface area contributed by atoms with Crippen LogP contribution in [0.15, 0.2) is 12.8 Å². The van der Waals surface area contributed by atoms with Gasteiger partial charge in [-0.1, -0.05) is 26.8 Å². The van der Waals surface area contributed by atoms with Crippen LogP contribution in [0.4, 0.5) is 0 Å². The van der Waals surface area contributed by atoms with E-state index in [1.165, 1.54) is 19.1 Å². The van der Waals surface area contributed by atoms with Crippen LogP contribution in [-0.4, -0.2) is 19.7 Å². The molecule has 78 valence electrons. The first-order chi connectivity index (χ1) is 6.31. The molecule has 0 saturated heterocycles. The Morgan fingerprint density at radius 1 is 1.54 bits per heavy atom. The largest absolute Gasteiger partial charge is 0.502 e. The van der Waals surface area contributed by atoms with E-state index in [0.717, 1.165) is 32.0 Å². The quantitative estimate of drug-likeness (QED) is 0.440. The van der Waals surface area contributed by atoms with Crippen molar-refractivity contribution < 1.29 is 4.74 Å². The summed E-state index contributed by atoms with van der Waals surface area (Å²) in [6.07, 6.45) is 5.16. The molecule has 2 heteroatoms. The van der Waals surface area contributed by atoms with Gasteiger partial charge < -0.3 is 10.1 Å². The highest BCUT2D eigenvalue weighted by Gasteiger charge is 1.98. The van der Waals surface area contributed by atoms with E-state index in [-0.39, 0.29) is 0 Å². The normalized spacial score (nSPS) is 12.5. The molecule has 0 rings (SSSR count). The summed E-state index contributed by atoms with van der Waals surface area (Å²) in [5.41, 5.74) is 0. The Kier molecular flexibility index (Phi) is 9.22. The Bertz CT molecular complexity index is 115. The lowest BCUT2D eigenvalue weighted by Crippen LogP contribution is -2.22. The first-order valence-electron chi connectivity index (χ1n) is 5.24. The van der Waals surface area contributed by atoms with Crippen molar-refractivity contribution in [2.75, 3.05) is 19.7 Å². The number of hydrogen-bond acceptors (Lipinski definition) is 2. The van der Waals surface area contributed by atoms with E-state index in [0.29, 0.717) is 0 Å². The van der Waals surface area contributed by atoms with Crippen molar-refractivity contribution >= 4 is 0 Å². The lowest BCUT2D eigenvalue weighted by Gasteiger charge is -2.10. The van der Waals surface area contributed by atoms with Crippen LogP contribution in [0.1, 0.15) is 33.1 Å². The molecule has 2 nitrogen and oxygen atoms in total. The second-order valence-electron chi connectivity index (χ2n) is 3.49. The molecule has 0 saturated carbocycles. The van der Waals surface area contributed by atoms with Crippen LogP contribution >= 0.6 is 0 Å². The lowest BCUT2D eigenvalue weighted by atomic mass is 10.1. The molecule has 0 aliphatic carbocycles. The highest BCUT2D eigenvalue weighted by molar-refractivity contribution is 4.56. The van der Waals surface area contributed by atoms with Gasteiger partial charge in [-0.15, -0.1) is 0 Å². The second kappa shape index (κ2) is 9.59. The molecular formula is C11H23NO. The van der Waals surface area contributed by atoms with Crippen LogP contribution in [0, 0.1) is 5.92 Å². The zero-order valence-corrected chi connectivity index (χ0v) is 9.01. The molecular weight excluding hydrogens is 162 g/mol. The zero-order chi connectivity index (χ0) is 9.94. The molecule has 0 radical (unpaired) electrons. The summed E-state index contributed by atoms with van der Waals surface area (Å²) >= 11 is 0. The molecule has 13 heavy (non-hydrogen) atoms. The fourth-order valence-electron chi connectivity index (χ4n) is 1.31. The maximum atomic E-state index is 5.01. The molecule has 1 N–H and O–H groups in total. The molecule has 1 atom stereocenters.